The minimum atomic E-state index is -0.240. The number of benzene rings is 1. The van der Waals surface area contributed by atoms with Gasteiger partial charge in [-0.2, -0.15) is 0 Å². The first-order valence-corrected chi connectivity index (χ1v) is 7.95. The van der Waals surface area contributed by atoms with Crippen LogP contribution in [0.25, 0.3) is 0 Å². The molecule has 5 heteroatoms. The predicted octanol–water partition coefficient (Wildman–Crippen LogP) is 3.37. The fraction of sp³-hybridized carbons (Fsp3) is 0.533. The van der Waals surface area contributed by atoms with Gasteiger partial charge in [0, 0.05) is 12.6 Å². The van der Waals surface area contributed by atoms with Crippen LogP contribution in [0.3, 0.4) is 0 Å². The fourth-order valence-corrected chi connectivity index (χ4v) is 2.93. The van der Waals surface area contributed by atoms with Gasteiger partial charge in [0.2, 0.25) is 0 Å². The highest BCUT2D eigenvalue weighted by Crippen LogP contribution is 2.18. The van der Waals surface area contributed by atoms with Gasteiger partial charge in [-0.25, -0.2) is 4.39 Å². The minimum Gasteiger partial charge on any atom is -0.370 e. The molecule has 0 aromatic heterocycles. The molecule has 110 valence electrons. The predicted molar refractivity (Wildman–Crippen MR) is 84.3 cm³/mol. The smallest absolute Gasteiger partial charge is 0.188 e. The summed E-state index contributed by atoms with van der Waals surface area (Å²) in [5.74, 6) is 0.286. The van der Waals surface area contributed by atoms with Crippen LogP contribution in [0.2, 0.25) is 0 Å². The topological polar surface area (TPSA) is 50.4 Å². The van der Waals surface area contributed by atoms with Gasteiger partial charge in [0.1, 0.15) is 5.82 Å². The Labute approximate surface area is 128 Å². The van der Waals surface area contributed by atoms with Crippen LogP contribution in [0.5, 0.6) is 0 Å². The maximum atomic E-state index is 13.1. The molecule has 1 aromatic rings. The molecule has 0 spiro atoms. The molecule has 0 radical (unpaired) electrons. The molecule has 0 aliphatic heterocycles. The Bertz CT molecular complexity index is 470. The highest BCUT2D eigenvalue weighted by molar-refractivity contribution is 9.10. The van der Waals surface area contributed by atoms with Crippen molar-refractivity contribution in [2.75, 3.05) is 6.54 Å². The molecule has 2 rings (SSSR count). The third-order valence-corrected chi connectivity index (χ3v) is 4.23. The third-order valence-electron chi connectivity index (χ3n) is 3.62. The number of guanidine groups is 1. The summed E-state index contributed by atoms with van der Waals surface area (Å²) >= 11 is 3.18. The molecule has 1 saturated carbocycles. The highest BCUT2D eigenvalue weighted by atomic mass is 79.9. The van der Waals surface area contributed by atoms with Gasteiger partial charge in [-0.15, -0.1) is 0 Å². The molecule has 0 saturated heterocycles. The van der Waals surface area contributed by atoms with Crippen LogP contribution in [-0.2, 0) is 6.42 Å². The van der Waals surface area contributed by atoms with Crippen molar-refractivity contribution < 1.29 is 4.39 Å². The quantitative estimate of drug-likeness (QED) is 0.651. The van der Waals surface area contributed by atoms with Crippen LogP contribution >= 0.6 is 15.9 Å². The summed E-state index contributed by atoms with van der Waals surface area (Å²) < 4.78 is 13.6. The van der Waals surface area contributed by atoms with Crippen molar-refractivity contribution in [2.45, 2.75) is 44.6 Å². The van der Waals surface area contributed by atoms with E-state index in [9.17, 15) is 4.39 Å². The summed E-state index contributed by atoms with van der Waals surface area (Å²) in [5.41, 5.74) is 6.94. The Balaban J connectivity index is 1.78. The highest BCUT2D eigenvalue weighted by Gasteiger charge is 2.13. The summed E-state index contributed by atoms with van der Waals surface area (Å²) in [4.78, 5) is 4.34. The van der Waals surface area contributed by atoms with Crippen molar-refractivity contribution in [2.24, 2.45) is 10.7 Å². The molecule has 0 unspecified atom stereocenters. The zero-order chi connectivity index (χ0) is 14.4. The van der Waals surface area contributed by atoms with E-state index < -0.39 is 0 Å². The second-order valence-electron chi connectivity index (χ2n) is 5.24. The summed E-state index contributed by atoms with van der Waals surface area (Å²) in [6.45, 7) is 0.615. The number of hydrogen-bond donors (Lipinski definition) is 2. The standard InChI is InChI=1S/C15H21BrFN3/c16-13-10-11(6-7-14(13)17)8-9-19-15(18)20-12-4-2-1-3-5-12/h6-7,10,12H,1-5,8-9H2,(H3,18,19,20). The van der Waals surface area contributed by atoms with Gasteiger partial charge in [-0.05, 0) is 52.9 Å². The number of hydrogen-bond acceptors (Lipinski definition) is 1. The van der Waals surface area contributed by atoms with Crippen molar-refractivity contribution in [3.63, 3.8) is 0 Å². The van der Waals surface area contributed by atoms with Crippen molar-refractivity contribution in [1.82, 2.24) is 5.32 Å². The van der Waals surface area contributed by atoms with E-state index >= 15 is 0 Å². The van der Waals surface area contributed by atoms with E-state index in [0.717, 1.165) is 12.0 Å². The van der Waals surface area contributed by atoms with Crippen molar-refractivity contribution in [3.05, 3.63) is 34.1 Å². The molecule has 0 bridgehead atoms. The summed E-state index contributed by atoms with van der Waals surface area (Å²) in [6, 6.07) is 5.51. The molecule has 0 heterocycles. The normalized spacial score (nSPS) is 17.2. The van der Waals surface area contributed by atoms with Gasteiger partial charge in [-0.1, -0.05) is 25.3 Å². The van der Waals surface area contributed by atoms with E-state index in [1.807, 2.05) is 0 Å². The monoisotopic (exact) mass is 341 g/mol. The molecule has 3 N–H and O–H groups in total. The van der Waals surface area contributed by atoms with E-state index in [0.29, 0.717) is 23.0 Å². The van der Waals surface area contributed by atoms with Gasteiger partial charge in [0.25, 0.3) is 0 Å². The Morgan fingerprint density at radius 3 is 2.80 bits per heavy atom. The van der Waals surface area contributed by atoms with Crippen LogP contribution < -0.4 is 11.1 Å². The lowest BCUT2D eigenvalue weighted by molar-refractivity contribution is 0.412. The van der Waals surface area contributed by atoms with Gasteiger partial charge in [0.15, 0.2) is 5.96 Å². The second-order valence-corrected chi connectivity index (χ2v) is 6.10. The van der Waals surface area contributed by atoms with Crippen LogP contribution in [0.15, 0.2) is 27.7 Å². The van der Waals surface area contributed by atoms with E-state index in [1.54, 1.807) is 12.1 Å². The largest absolute Gasteiger partial charge is 0.370 e. The zero-order valence-corrected chi connectivity index (χ0v) is 13.1. The second kappa shape index (κ2) is 7.62. The molecular formula is C15H21BrFN3. The molecular weight excluding hydrogens is 321 g/mol. The van der Waals surface area contributed by atoms with E-state index in [-0.39, 0.29) is 5.82 Å². The number of nitrogens with two attached hydrogens (primary N) is 1. The summed E-state index contributed by atoms with van der Waals surface area (Å²) in [5, 5.41) is 3.28. The first kappa shape index (κ1) is 15.3. The van der Waals surface area contributed by atoms with Crippen molar-refractivity contribution in [3.8, 4) is 0 Å². The van der Waals surface area contributed by atoms with Crippen LogP contribution in [-0.4, -0.2) is 18.5 Å². The molecule has 1 aromatic carbocycles. The Morgan fingerprint density at radius 1 is 1.35 bits per heavy atom. The molecule has 3 nitrogen and oxygen atoms in total. The molecule has 20 heavy (non-hydrogen) atoms. The first-order chi connectivity index (χ1) is 9.65. The molecule has 1 fully saturated rings. The van der Waals surface area contributed by atoms with Crippen LogP contribution in [0.1, 0.15) is 37.7 Å². The number of rotatable bonds is 4. The minimum absolute atomic E-state index is 0.240. The summed E-state index contributed by atoms with van der Waals surface area (Å²) in [7, 11) is 0. The lowest BCUT2D eigenvalue weighted by atomic mass is 9.96. The number of aliphatic imine (C=N–C) groups is 1. The van der Waals surface area contributed by atoms with Gasteiger partial charge in [-0.3, -0.25) is 4.99 Å². The summed E-state index contributed by atoms with van der Waals surface area (Å²) in [6.07, 6.45) is 6.99. The van der Waals surface area contributed by atoms with Gasteiger partial charge in [0.05, 0.1) is 4.47 Å². The molecule has 1 aliphatic rings. The molecule has 0 amide bonds. The maximum absolute atomic E-state index is 13.1. The maximum Gasteiger partial charge on any atom is 0.188 e. The van der Waals surface area contributed by atoms with Gasteiger partial charge >= 0.3 is 0 Å². The SMILES string of the molecule is NC(=NCCc1ccc(F)c(Br)c1)NC1CCCCC1. The van der Waals surface area contributed by atoms with Crippen LogP contribution in [0, 0.1) is 5.82 Å². The van der Waals surface area contributed by atoms with Crippen molar-refractivity contribution in [1.29, 1.82) is 0 Å². The average molecular weight is 342 g/mol. The molecule has 0 atom stereocenters. The first-order valence-electron chi connectivity index (χ1n) is 7.15. The van der Waals surface area contributed by atoms with E-state index in [4.69, 9.17) is 5.73 Å². The fourth-order valence-electron chi connectivity index (χ4n) is 2.50. The number of nitrogens with zero attached hydrogens (tertiary/aromatic N) is 1. The number of nitrogens with one attached hydrogen (secondary N) is 1. The zero-order valence-electron chi connectivity index (χ0n) is 11.5. The lowest BCUT2D eigenvalue weighted by Crippen LogP contribution is -2.41. The Hall–Kier alpha value is -1.10. The third kappa shape index (κ3) is 4.78. The number of halogens is 2. The molecule has 1 aliphatic carbocycles. The lowest BCUT2D eigenvalue weighted by Gasteiger charge is -2.23. The van der Waals surface area contributed by atoms with E-state index in [1.165, 1.54) is 38.2 Å². The van der Waals surface area contributed by atoms with E-state index in [2.05, 4.69) is 26.2 Å². The van der Waals surface area contributed by atoms with Gasteiger partial charge < -0.3 is 11.1 Å². The van der Waals surface area contributed by atoms with Crippen LogP contribution in [0.4, 0.5) is 4.39 Å². The Kier molecular flexibility index (Phi) is 5.83. The average Bonchev–Trinajstić information content (AvgIpc) is 2.44. The Morgan fingerprint density at radius 2 is 2.10 bits per heavy atom. The van der Waals surface area contributed by atoms with Crippen molar-refractivity contribution >= 4 is 21.9 Å².